The minimum Gasteiger partial charge on any atom is -0.380 e. The molecule has 0 atom stereocenters. The molecule has 1 heterocycles. The minimum absolute atomic E-state index is 0.548. The first-order chi connectivity index (χ1) is 11.2. The lowest BCUT2D eigenvalue weighted by Crippen LogP contribution is -2.12. The smallest absolute Gasteiger partial charge is 0.152 e. The van der Waals surface area contributed by atoms with E-state index in [4.69, 9.17) is 4.74 Å². The summed E-state index contributed by atoms with van der Waals surface area (Å²) >= 11 is 0. The van der Waals surface area contributed by atoms with Crippen LogP contribution >= 0.6 is 0 Å². The Morgan fingerprint density at radius 1 is 1.13 bits per heavy atom. The molecule has 0 saturated carbocycles. The van der Waals surface area contributed by atoms with Crippen molar-refractivity contribution in [3.63, 3.8) is 0 Å². The number of hydrogen-bond donors (Lipinski definition) is 2. The van der Waals surface area contributed by atoms with Crippen LogP contribution in [0.15, 0.2) is 41.7 Å². The van der Waals surface area contributed by atoms with E-state index in [-0.39, 0.29) is 0 Å². The summed E-state index contributed by atoms with van der Waals surface area (Å²) in [5, 5.41) is 5.91. The normalized spacial score (nSPS) is 10.3. The van der Waals surface area contributed by atoms with Gasteiger partial charge in [0.2, 0.25) is 0 Å². The Kier molecular flexibility index (Phi) is 6.50. The second-order valence-corrected chi connectivity index (χ2v) is 5.20. The largest absolute Gasteiger partial charge is 0.380 e. The summed E-state index contributed by atoms with van der Waals surface area (Å²) in [6.07, 6.45) is 0.989. The fourth-order valence-electron chi connectivity index (χ4n) is 2.11. The standard InChI is InChI=1S/C17H22N4O2/c1-3-11-23-12-10-18-17-16(20-21-22)9-8-15(19-17)14-6-4-13(2)5-7-14/h4-9H,3,10-12H2,1-2H3,(H,18,19)(H,20,22). The van der Waals surface area contributed by atoms with Crippen LogP contribution in [0.1, 0.15) is 18.9 Å². The Hall–Kier alpha value is -2.47. The quantitative estimate of drug-likeness (QED) is 0.416. The van der Waals surface area contributed by atoms with Gasteiger partial charge < -0.3 is 10.1 Å². The molecule has 6 heteroatoms. The number of pyridine rings is 1. The molecule has 23 heavy (non-hydrogen) atoms. The molecule has 2 aromatic rings. The van der Waals surface area contributed by atoms with E-state index in [0.717, 1.165) is 24.3 Å². The Morgan fingerprint density at radius 2 is 1.91 bits per heavy atom. The van der Waals surface area contributed by atoms with Crippen LogP contribution in [0.3, 0.4) is 0 Å². The van der Waals surface area contributed by atoms with Gasteiger partial charge in [-0.2, -0.15) is 0 Å². The van der Waals surface area contributed by atoms with Gasteiger partial charge in [0.05, 0.1) is 17.6 Å². The monoisotopic (exact) mass is 314 g/mol. The van der Waals surface area contributed by atoms with E-state index in [0.29, 0.717) is 24.7 Å². The van der Waals surface area contributed by atoms with E-state index in [9.17, 15) is 4.91 Å². The Bertz CT molecular complexity index is 629. The van der Waals surface area contributed by atoms with Crippen LogP contribution in [-0.4, -0.2) is 24.7 Å². The van der Waals surface area contributed by atoms with Crippen LogP contribution in [-0.2, 0) is 4.74 Å². The number of rotatable bonds is 9. The molecule has 0 aliphatic rings. The molecule has 6 nitrogen and oxygen atoms in total. The Morgan fingerprint density at radius 3 is 2.61 bits per heavy atom. The van der Waals surface area contributed by atoms with Crippen LogP contribution in [0, 0.1) is 11.8 Å². The number of nitroso groups, excluding NO2 is 1. The van der Waals surface area contributed by atoms with Crippen molar-refractivity contribution in [2.24, 2.45) is 5.29 Å². The van der Waals surface area contributed by atoms with Gasteiger partial charge in [0.15, 0.2) is 5.82 Å². The van der Waals surface area contributed by atoms with Crippen molar-refractivity contribution in [3.8, 4) is 11.3 Å². The lowest BCUT2D eigenvalue weighted by molar-refractivity contribution is 0.144. The number of aromatic nitrogens is 1. The first kappa shape index (κ1) is 16.9. The molecule has 0 aliphatic heterocycles. The number of nitrogens with zero attached hydrogens (tertiary/aromatic N) is 2. The average molecular weight is 314 g/mol. The highest BCUT2D eigenvalue weighted by molar-refractivity contribution is 5.70. The third-order valence-corrected chi connectivity index (χ3v) is 3.30. The maximum Gasteiger partial charge on any atom is 0.152 e. The van der Waals surface area contributed by atoms with Gasteiger partial charge in [-0.05, 0) is 25.5 Å². The molecular formula is C17H22N4O2. The van der Waals surface area contributed by atoms with Crippen LogP contribution in [0.25, 0.3) is 11.3 Å². The Labute approximate surface area is 136 Å². The zero-order valence-corrected chi connectivity index (χ0v) is 13.5. The zero-order chi connectivity index (χ0) is 16.5. The molecule has 0 saturated heterocycles. The third-order valence-electron chi connectivity index (χ3n) is 3.30. The van der Waals surface area contributed by atoms with Crippen molar-refractivity contribution in [2.45, 2.75) is 20.3 Å². The van der Waals surface area contributed by atoms with Crippen molar-refractivity contribution in [1.82, 2.24) is 4.98 Å². The molecule has 1 aromatic heterocycles. The van der Waals surface area contributed by atoms with Gasteiger partial charge in [0.25, 0.3) is 0 Å². The van der Waals surface area contributed by atoms with E-state index in [1.54, 1.807) is 6.07 Å². The molecule has 0 aliphatic carbocycles. The molecule has 2 N–H and O–H groups in total. The molecule has 0 bridgehead atoms. The molecule has 122 valence electrons. The van der Waals surface area contributed by atoms with Crippen molar-refractivity contribution in [3.05, 3.63) is 46.9 Å². The van der Waals surface area contributed by atoms with Crippen LogP contribution < -0.4 is 10.7 Å². The maximum atomic E-state index is 10.5. The van der Waals surface area contributed by atoms with E-state index >= 15 is 0 Å². The maximum absolute atomic E-state index is 10.5. The van der Waals surface area contributed by atoms with E-state index in [1.165, 1.54) is 5.56 Å². The van der Waals surface area contributed by atoms with Crippen LogP contribution in [0.4, 0.5) is 11.5 Å². The molecule has 0 unspecified atom stereocenters. The van der Waals surface area contributed by atoms with E-state index < -0.39 is 0 Å². The summed E-state index contributed by atoms with van der Waals surface area (Å²) in [5.74, 6) is 0.586. The first-order valence-electron chi connectivity index (χ1n) is 7.72. The second-order valence-electron chi connectivity index (χ2n) is 5.20. The predicted molar refractivity (Wildman–Crippen MR) is 93.4 cm³/mol. The highest BCUT2D eigenvalue weighted by atomic mass is 16.5. The summed E-state index contributed by atoms with van der Waals surface area (Å²) < 4.78 is 5.44. The molecular weight excluding hydrogens is 292 g/mol. The first-order valence-corrected chi connectivity index (χ1v) is 7.72. The fraction of sp³-hybridized carbons (Fsp3) is 0.353. The topological polar surface area (TPSA) is 75.6 Å². The second kappa shape index (κ2) is 8.85. The molecule has 0 fully saturated rings. The number of ether oxygens (including phenoxy) is 1. The van der Waals surface area contributed by atoms with Crippen molar-refractivity contribution >= 4 is 11.5 Å². The molecule has 1 aromatic carbocycles. The lowest BCUT2D eigenvalue weighted by Gasteiger charge is -2.12. The number of anilines is 2. The van der Waals surface area contributed by atoms with Crippen molar-refractivity contribution < 1.29 is 4.74 Å². The third kappa shape index (κ3) is 5.03. The van der Waals surface area contributed by atoms with Gasteiger partial charge >= 0.3 is 0 Å². The minimum atomic E-state index is 0.548. The molecule has 0 spiro atoms. The molecule has 2 rings (SSSR count). The average Bonchev–Trinajstić information content (AvgIpc) is 2.57. The fourth-order valence-corrected chi connectivity index (χ4v) is 2.11. The number of benzene rings is 1. The van der Waals surface area contributed by atoms with Gasteiger partial charge in [0, 0.05) is 18.7 Å². The summed E-state index contributed by atoms with van der Waals surface area (Å²) in [4.78, 5) is 15.1. The van der Waals surface area contributed by atoms with E-state index in [1.807, 2.05) is 37.3 Å². The highest BCUT2D eigenvalue weighted by Gasteiger charge is 2.07. The molecule has 0 amide bonds. The summed E-state index contributed by atoms with van der Waals surface area (Å²) in [6.45, 7) is 6.04. The lowest BCUT2D eigenvalue weighted by atomic mass is 10.1. The van der Waals surface area contributed by atoms with Crippen molar-refractivity contribution in [1.29, 1.82) is 0 Å². The highest BCUT2D eigenvalue weighted by Crippen LogP contribution is 2.25. The van der Waals surface area contributed by atoms with Gasteiger partial charge in [-0.1, -0.05) is 36.8 Å². The zero-order valence-electron chi connectivity index (χ0n) is 13.5. The van der Waals surface area contributed by atoms with Gasteiger partial charge in [-0.3, -0.25) is 0 Å². The van der Waals surface area contributed by atoms with E-state index in [2.05, 4.69) is 27.9 Å². The summed E-state index contributed by atoms with van der Waals surface area (Å²) in [5.41, 5.74) is 6.02. The number of aryl methyl sites for hydroxylation is 1. The van der Waals surface area contributed by atoms with Crippen LogP contribution in [0.2, 0.25) is 0 Å². The molecule has 0 radical (unpaired) electrons. The predicted octanol–water partition coefficient (Wildman–Crippen LogP) is 3.99. The van der Waals surface area contributed by atoms with Gasteiger partial charge in [-0.25, -0.2) is 10.4 Å². The number of nitrogens with one attached hydrogen (secondary N) is 2. The summed E-state index contributed by atoms with van der Waals surface area (Å²) in [7, 11) is 0. The number of hydrogen-bond acceptors (Lipinski definition) is 5. The summed E-state index contributed by atoms with van der Waals surface area (Å²) in [6, 6.07) is 11.8. The van der Waals surface area contributed by atoms with Gasteiger partial charge in [-0.15, -0.1) is 4.91 Å². The van der Waals surface area contributed by atoms with Crippen LogP contribution in [0.5, 0.6) is 0 Å². The SMILES string of the molecule is CCCOCCNc1nc(-c2ccc(C)cc2)ccc1NN=O. The van der Waals surface area contributed by atoms with Crippen molar-refractivity contribution in [2.75, 3.05) is 30.5 Å². The van der Waals surface area contributed by atoms with Gasteiger partial charge in [0.1, 0.15) is 5.69 Å². The Balaban J connectivity index is 2.14.